The van der Waals surface area contributed by atoms with Crippen LogP contribution in [0.2, 0.25) is 0 Å². The molecule has 8 heavy (non-hydrogen) atoms. The van der Waals surface area contributed by atoms with Gasteiger partial charge in [0, 0.05) is 13.9 Å². The summed E-state index contributed by atoms with van der Waals surface area (Å²) in [5.74, 6) is 0. The second kappa shape index (κ2) is 1.81. The molecule has 0 saturated heterocycles. The molecule has 0 fully saturated rings. The first-order valence-electron chi connectivity index (χ1n) is 2.68. The van der Waals surface area contributed by atoms with E-state index in [9.17, 15) is 0 Å². The molecule has 1 nitrogen and oxygen atoms in total. The Kier molecular flexibility index (Phi) is 1.28. The van der Waals surface area contributed by atoms with Crippen molar-refractivity contribution < 1.29 is 0 Å². The van der Waals surface area contributed by atoms with Gasteiger partial charge in [-0.3, -0.25) is 4.99 Å². The molecule has 0 spiro atoms. The van der Waals surface area contributed by atoms with Crippen molar-refractivity contribution >= 4 is 20.0 Å². The zero-order valence-corrected chi connectivity index (χ0v) is 5.18. The molecule has 1 aliphatic heterocycles. The molecule has 0 amide bonds. The van der Waals surface area contributed by atoms with E-state index in [-0.39, 0.29) is 6.60 Å². The van der Waals surface area contributed by atoms with Crippen LogP contribution in [0, 0.1) is 0 Å². The van der Waals surface area contributed by atoms with Crippen LogP contribution in [0.25, 0.3) is 0 Å². The number of hydrogen-bond acceptors (Lipinski definition) is 1. The third kappa shape index (κ3) is 0.726. The SMILES string of the molecule is [B]B1C(C)=CN=C1C. The second-order valence-electron chi connectivity index (χ2n) is 2.12. The molecular weight excluding hydrogens is 95.7 g/mol. The minimum Gasteiger partial charge on any atom is -0.277 e. The van der Waals surface area contributed by atoms with Crippen LogP contribution in [0.4, 0.5) is 0 Å². The fraction of sp³-hybridized carbons (Fsp3) is 0.400. The number of rotatable bonds is 0. The van der Waals surface area contributed by atoms with Crippen molar-refractivity contribution in [3.05, 3.63) is 11.7 Å². The number of aliphatic imine (C=N–C) groups is 1. The van der Waals surface area contributed by atoms with E-state index in [1.807, 2.05) is 20.0 Å². The molecule has 1 rings (SSSR count). The Balaban J connectivity index is 2.75. The zero-order chi connectivity index (χ0) is 6.15. The van der Waals surface area contributed by atoms with Gasteiger partial charge in [0.15, 0.2) is 6.60 Å². The highest BCUT2D eigenvalue weighted by atomic mass is 14.7. The highest BCUT2D eigenvalue weighted by Gasteiger charge is 2.14. The Bertz CT molecular complexity index is 142. The van der Waals surface area contributed by atoms with E-state index in [1.165, 1.54) is 0 Å². The maximum absolute atomic E-state index is 5.62. The lowest BCUT2D eigenvalue weighted by molar-refractivity contribution is 1.53. The highest BCUT2D eigenvalue weighted by molar-refractivity contribution is 7.25. The maximum atomic E-state index is 5.62. The van der Waals surface area contributed by atoms with Crippen LogP contribution in [0.1, 0.15) is 13.8 Å². The standard InChI is InChI=1S/C5H7B2N/c1-4-3-8-5(2)7(4)6/h3H,1-2H3. The molecule has 38 valence electrons. The molecule has 0 saturated carbocycles. The van der Waals surface area contributed by atoms with Gasteiger partial charge in [0.25, 0.3) is 0 Å². The topological polar surface area (TPSA) is 12.4 Å². The fourth-order valence-electron chi connectivity index (χ4n) is 0.694. The molecule has 0 N–H and O–H groups in total. The van der Waals surface area contributed by atoms with E-state index in [1.54, 1.807) is 0 Å². The summed E-state index contributed by atoms with van der Waals surface area (Å²) >= 11 is 0. The Labute approximate surface area is 51.4 Å². The van der Waals surface area contributed by atoms with Gasteiger partial charge < -0.3 is 0 Å². The Morgan fingerprint density at radius 1 is 1.62 bits per heavy atom. The largest absolute Gasteiger partial charge is 0.277 e. The van der Waals surface area contributed by atoms with Crippen molar-refractivity contribution in [2.45, 2.75) is 13.8 Å². The van der Waals surface area contributed by atoms with Crippen LogP contribution in [0.15, 0.2) is 16.7 Å². The van der Waals surface area contributed by atoms with Crippen LogP contribution in [-0.2, 0) is 0 Å². The number of allylic oxidation sites excluding steroid dienone is 1. The summed E-state index contributed by atoms with van der Waals surface area (Å²) < 4.78 is 0. The van der Waals surface area contributed by atoms with Crippen LogP contribution in [0.5, 0.6) is 0 Å². The van der Waals surface area contributed by atoms with Crippen LogP contribution in [0.3, 0.4) is 0 Å². The van der Waals surface area contributed by atoms with Gasteiger partial charge >= 0.3 is 0 Å². The lowest BCUT2D eigenvalue weighted by Crippen LogP contribution is -2.22. The predicted octanol–water partition coefficient (Wildman–Crippen LogP) is 0.603. The van der Waals surface area contributed by atoms with Gasteiger partial charge in [-0.1, -0.05) is 12.4 Å². The highest BCUT2D eigenvalue weighted by Crippen LogP contribution is 2.06. The average molecular weight is 103 g/mol. The molecule has 0 unspecified atom stereocenters. The van der Waals surface area contributed by atoms with Gasteiger partial charge in [-0.05, 0) is 12.5 Å². The molecular formula is C5H7B2N. The number of hydrogen-bond donors (Lipinski definition) is 0. The van der Waals surface area contributed by atoms with Crippen LogP contribution >= 0.6 is 0 Å². The molecule has 0 aliphatic carbocycles. The Hall–Kier alpha value is -0.460. The van der Waals surface area contributed by atoms with Gasteiger partial charge in [-0.25, -0.2) is 0 Å². The summed E-state index contributed by atoms with van der Waals surface area (Å²) in [6.07, 6.45) is 1.82. The van der Waals surface area contributed by atoms with Crippen molar-refractivity contribution in [2.75, 3.05) is 0 Å². The van der Waals surface area contributed by atoms with Gasteiger partial charge in [0.05, 0.1) is 0 Å². The summed E-state index contributed by atoms with van der Waals surface area (Å²) in [5, 5.41) is 0. The predicted molar refractivity (Wildman–Crippen MR) is 38.4 cm³/mol. The third-order valence-electron chi connectivity index (χ3n) is 1.41. The lowest BCUT2D eigenvalue weighted by atomic mass is 9.28. The molecule has 0 atom stereocenters. The first-order chi connectivity index (χ1) is 3.72. The summed E-state index contributed by atoms with van der Waals surface area (Å²) in [7, 11) is 5.62. The smallest absolute Gasteiger partial charge is 0.175 e. The van der Waals surface area contributed by atoms with E-state index in [4.69, 9.17) is 7.74 Å². The van der Waals surface area contributed by atoms with E-state index >= 15 is 0 Å². The normalized spacial score (nSPS) is 18.5. The number of nitrogens with zero attached hydrogens (tertiary/aromatic N) is 1. The lowest BCUT2D eigenvalue weighted by Gasteiger charge is -1.97. The Morgan fingerprint density at radius 2 is 2.25 bits per heavy atom. The quantitative estimate of drug-likeness (QED) is 0.398. The van der Waals surface area contributed by atoms with E-state index in [0.717, 1.165) is 11.1 Å². The van der Waals surface area contributed by atoms with Crippen molar-refractivity contribution in [1.29, 1.82) is 0 Å². The molecule has 1 heterocycles. The summed E-state index contributed by atoms with van der Waals surface area (Å²) in [5.41, 5.74) is 2.17. The molecule has 0 aromatic carbocycles. The van der Waals surface area contributed by atoms with Crippen LogP contribution in [-0.4, -0.2) is 20.0 Å². The molecule has 0 aromatic rings. The molecule has 3 heteroatoms. The van der Waals surface area contributed by atoms with Crippen molar-refractivity contribution in [3.63, 3.8) is 0 Å². The molecule has 1 aliphatic rings. The summed E-state index contributed by atoms with van der Waals surface area (Å²) in [6.45, 7) is 4.03. The summed E-state index contributed by atoms with van der Waals surface area (Å²) in [6, 6.07) is 0. The minimum atomic E-state index is 0.0926. The average Bonchev–Trinajstić information content (AvgIpc) is 1.98. The maximum Gasteiger partial charge on any atom is 0.175 e. The van der Waals surface area contributed by atoms with Crippen molar-refractivity contribution in [2.24, 2.45) is 4.99 Å². The van der Waals surface area contributed by atoms with Gasteiger partial charge in [-0.15, -0.1) is 0 Å². The van der Waals surface area contributed by atoms with Gasteiger partial charge in [-0.2, -0.15) is 0 Å². The first-order valence-corrected chi connectivity index (χ1v) is 2.68. The Morgan fingerprint density at radius 3 is 2.38 bits per heavy atom. The van der Waals surface area contributed by atoms with E-state index in [0.29, 0.717) is 0 Å². The van der Waals surface area contributed by atoms with Crippen LogP contribution < -0.4 is 0 Å². The van der Waals surface area contributed by atoms with E-state index in [2.05, 4.69) is 4.99 Å². The second-order valence-corrected chi connectivity index (χ2v) is 2.12. The van der Waals surface area contributed by atoms with Crippen molar-refractivity contribution in [1.82, 2.24) is 0 Å². The van der Waals surface area contributed by atoms with E-state index < -0.39 is 0 Å². The summed E-state index contributed by atoms with van der Waals surface area (Å²) in [4.78, 5) is 4.03. The third-order valence-corrected chi connectivity index (χ3v) is 1.41. The first kappa shape index (κ1) is 5.67. The monoisotopic (exact) mass is 103 g/mol. The van der Waals surface area contributed by atoms with Gasteiger partial charge in [0.2, 0.25) is 0 Å². The fourth-order valence-corrected chi connectivity index (χ4v) is 0.694. The van der Waals surface area contributed by atoms with Gasteiger partial charge in [0.1, 0.15) is 0 Å². The minimum absolute atomic E-state index is 0.0926. The molecule has 0 bridgehead atoms. The van der Waals surface area contributed by atoms with Crippen molar-refractivity contribution in [3.8, 4) is 0 Å². The zero-order valence-electron chi connectivity index (χ0n) is 5.18. The molecule has 2 radical (unpaired) electrons. The molecule has 0 aromatic heterocycles.